The summed E-state index contributed by atoms with van der Waals surface area (Å²) in [4.78, 5) is 26.8. The van der Waals surface area contributed by atoms with E-state index in [2.05, 4.69) is 10.6 Å². The van der Waals surface area contributed by atoms with E-state index in [9.17, 15) is 14.0 Å². The molecule has 0 saturated carbocycles. The number of halogens is 1. The van der Waals surface area contributed by atoms with Crippen molar-refractivity contribution in [2.45, 2.75) is 33.2 Å². The molecule has 5 nitrogen and oxygen atoms in total. The molecule has 0 aromatic heterocycles. The zero-order valence-electron chi connectivity index (χ0n) is 16.3. The number of rotatable bonds is 4. The maximum absolute atomic E-state index is 13.0. The first-order chi connectivity index (χ1) is 13.4. The fraction of sp³-hybridized carbons (Fsp3) is 0.364. The molecular formula is C22H26FN3O2. The minimum atomic E-state index is -0.489. The van der Waals surface area contributed by atoms with Crippen LogP contribution in [0.5, 0.6) is 0 Å². The molecule has 148 valence electrons. The number of hydrogen-bond donors (Lipinski definition) is 2. The van der Waals surface area contributed by atoms with Crippen molar-refractivity contribution in [2.24, 2.45) is 5.41 Å². The lowest BCUT2D eigenvalue weighted by atomic mass is 9.79. The highest BCUT2D eigenvalue weighted by Gasteiger charge is 2.37. The fourth-order valence-corrected chi connectivity index (χ4v) is 3.27. The molecule has 1 aliphatic heterocycles. The molecular weight excluding hydrogens is 357 g/mol. The summed E-state index contributed by atoms with van der Waals surface area (Å²) >= 11 is 0. The SMILES string of the molecule is Cc1ccc(CNC(=O)C2(C)CCN(C(=O)Nc3ccc(F)cc3)CC2)cc1. The number of amides is 3. The van der Waals surface area contributed by atoms with E-state index in [-0.39, 0.29) is 17.8 Å². The number of likely N-dealkylation sites (tertiary alicyclic amines) is 1. The van der Waals surface area contributed by atoms with Crippen LogP contribution in [-0.2, 0) is 11.3 Å². The van der Waals surface area contributed by atoms with Gasteiger partial charge in [0.15, 0.2) is 0 Å². The summed E-state index contributed by atoms with van der Waals surface area (Å²) < 4.78 is 13.0. The number of aryl methyl sites for hydroxylation is 1. The Kier molecular flexibility index (Phi) is 5.97. The molecule has 3 rings (SSSR count). The normalized spacial score (nSPS) is 15.8. The minimum absolute atomic E-state index is 0.0201. The number of piperidine rings is 1. The Labute approximate surface area is 164 Å². The van der Waals surface area contributed by atoms with Crippen molar-refractivity contribution < 1.29 is 14.0 Å². The second-order valence-corrected chi connectivity index (χ2v) is 7.65. The predicted octanol–water partition coefficient (Wildman–Crippen LogP) is 4.08. The Morgan fingerprint density at radius 1 is 1.04 bits per heavy atom. The first-order valence-corrected chi connectivity index (χ1v) is 9.51. The quantitative estimate of drug-likeness (QED) is 0.836. The average Bonchev–Trinajstić information content (AvgIpc) is 2.69. The monoisotopic (exact) mass is 383 g/mol. The van der Waals surface area contributed by atoms with E-state index in [0.717, 1.165) is 5.56 Å². The van der Waals surface area contributed by atoms with Gasteiger partial charge in [-0.3, -0.25) is 4.79 Å². The molecule has 2 aromatic carbocycles. The summed E-state index contributed by atoms with van der Waals surface area (Å²) in [7, 11) is 0. The minimum Gasteiger partial charge on any atom is -0.352 e. The van der Waals surface area contributed by atoms with Crippen molar-refractivity contribution in [3.05, 3.63) is 65.5 Å². The number of carbonyl (C=O) groups excluding carboxylic acids is 2. The third kappa shape index (κ3) is 4.88. The Morgan fingerprint density at radius 2 is 1.64 bits per heavy atom. The molecule has 0 radical (unpaired) electrons. The fourth-order valence-electron chi connectivity index (χ4n) is 3.27. The maximum Gasteiger partial charge on any atom is 0.321 e. The van der Waals surface area contributed by atoms with E-state index in [1.54, 1.807) is 4.90 Å². The summed E-state index contributed by atoms with van der Waals surface area (Å²) in [5.74, 6) is -0.324. The van der Waals surface area contributed by atoms with Crippen LogP contribution in [0.1, 0.15) is 30.9 Å². The van der Waals surface area contributed by atoms with E-state index in [0.29, 0.717) is 38.2 Å². The van der Waals surface area contributed by atoms with Crippen molar-refractivity contribution in [1.29, 1.82) is 0 Å². The third-order valence-corrected chi connectivity index (χ3v) is 5.37. The van der Waals surface area contributed by atoms with Crippen LogP contribution in [0.25, 0.3) is 0 Å². The van der Waals surface area contributed by atoms with Crippen molar-refractivity contribution >= 4 is 17.6 Å². The van der Waals surface area contributed by atoms with E-state index >= 15 is 0 Å². The van der Waals surface area contributed by atoms with Crippen molar-refractivity contribution in [2.75, 3.05) is 18.4 Å². The van der Waals surface area contributed by atoms with Gasteiger partial charge in [-0.15, -0.1) is 0 Å². The van der Waals surface area contributed by atoms with Gasteiger partial charge in [0.1, 0.15) is 5.82 Å². The lowest BCUT2D eigenvalue weighted by Gasteiger charge is -2.38. The molecule has 2 N–H and O–H groups in total. The first kappa shape index (κ1) is 19.9. The molecule has 6 heteroatoms. The maximum atomic E-state index is 13.0. The summed E-state index contributed by atoms with van der Waals surface area (Å²) in [6.45, 7) is 5.49. The van der Waals surface area contributed by atoms with Gasteiger partial charge in [-0.25, -0.2) is 9.18 Å². The highest BCUT2D eigenvalue weighted by atomic mass is 19.1. The number of hydrogen-bond acceptors (Lipinski definition) is 2. The van der Waals surface area contributed by atoms with Crippen molar-refractivity contribution in [3.8, 4) is 0 Å². The van der Waals surface area contributed by atoms with Crippen molar-refractivity contribution in [1.82, 2.24) is 10.2 Å². The number of nitrogens with one attached hydrogen (secondary N) is 2. The van der Waals surface area contributed by atoms with E-state index in [1.165, 1.54) is 29.8 Å². The standard InChI is InChI=1S/C22H26FN3O2/c1-16-3-5-17(6-4-16)15-24-20(27)22(2)11-13-26(14-12-22)21(28)25-19-9-7-18(23)8-10-19/h3-10H,11-15H2,1-2H3,(H,24,27)(H,25,28). The zero-order chi connectivity index (χ0) is 20.1. The highest BCUT2D eigenvalue weighted by molar-refractivity contribution is 5.89. The zero-order valence-corrected chi connectivity index (χ0v) is 16.3. The van der Waals surface area contributed by atoms with Gasteiger partial charge < -0.3 is 15.5 Å². The van der Waals surface area contributed by atoms with Gasteiger partial charge in [0.2, 0.25) is 5.91 Å². The van der Waals surface area contributed by atoms with Crippen LogP contribution >= 0.6 is 0 Å². The Balaban J connectivity index is 1.49. The van der Waals surface area contributed by atoms with Gasteiger partial charge in [-0.1, -0.05) is 36.8 Å². The van der Waals surface area contributed by atoms with E-state index in [1.807, 2.05) is 38.1 Å². The molecule has 1 heterocycles. The molecule has 1 saturated heterocycles. The average molecular weight is 383 g/mol. The van der Waals surface area contributed by atoms with Gasteiger partial charge in [-0.05, 0) is 49.6 Å². The summed E-state index contributed by atoms with van der Waals surface area (Å²) in [6.07, 6.45) is 1.20. The molecule has 3 amide bonds. The molecule has 28 heavy (non-hydrogen) atoms. The topological polar surface area (TPSA) is 61.4 Å². The smallest absolute Gasteiger partial charge is 0.321 e. The third-order valence-electron chi connectivity index (χ3n) is 5.37. The number of benzene rings is 2. The lowest BCUT2D eigenvalue weighted by Crippen LogP contribution is -2.49. The lowest BCUT2D eigenvalue weighted by molar-refractivity contribution is -0.132. The molecule has 2 aromatic rings. The van der Waals surface area contributed by atoms with Crippen LogP contribution in [0.2, 0.25) is 0 Å². The van der Waals surface area contributed by atoms with Crippen LogP contribution in [-0.4, -0.2) is 29.9 Å². The number of carbonyl (C=O) groups is 2. The summed E-state index contributed by atoms with van der Waals surface area (Å²) in [6, 6.07) is 13.5. The van der Waals surface area contributed by atoms with Crippen LogP contribution in [0.4, 0.5) is 14.9 Å². The largest absolute Gasteiger partial charge is 0.352 e. The Morgan fingerprint density at radius 3 is 2.25 bits per heavy atom. The van der Waals surface area contributed by atoms with Crippen LogP contribution in [0, 0.1) is 18.2 Å². The summed E-state index contributed by atoms with van der Waals surface area (Å²) in [5.41, 5.74) is 2.32. The number of nitrogens with zero attached hydrogens (tertiary/aromatic N) is 1. The Bertz CT molecular complexity index is 826. The van der Waals surface area contributed by atoms with Gasteiger partial charge >= 0.3 is 6.03 Å². The van der Waals surface area contributed by atoms with Gasteiger partial charge in [0, 0.05) is 30.7 Å². The predicted molar refractivity (Wildman–Crippen MR) is 107 cm³/mol. The molecule has 1 aliphatic rings. The highest BCUT2D eigenvalue weighted by Crippen LogP contribution is 2.31. The van der Waals surface area contributed by atoms with E-state index < -0.39 is 5.41 Å². The second-order valence-electron chi connectivity index (χ2n) is 7.65. The molecule has 0 unspecified atom stereocenters. The van der Waals surface area contributed by atoms with Crippen LogP contribution in [0.3, 0.4) is 0 Å². The number of urea groups is 1. The Hall–Kier alpha value is -2.89. The van der Waals surface area contributed by atoms with Gasteiger partial charge in [0.25, 0.3) is 0 Å². The first-order valence-electron chi connectivity index (χ1n) is 9.51. The van der Waals surface area contributed by atoms with Gasteiger partial charge in [0.05, 0.1) is 0 Å². The van der Waals surface area contributed by atoms with Gasteiger partial charge in [-0.2, -0.15) is 0 Å². The van der Waals surface area contributed by atoms with Crippen LogP contribution < -0.4 is 10.6 Å². The molecule has 0 atom stereocenters. The summed E-state index contributed by atoms with van der Waals surface area (Å²) in [5, 5.41) is 5.79. The van der Waals surface area contributed by atoms with Crippen LogP contribution in [0.15, 0.2) is 48.5 Å². The van der Waals surface area contributed by atoms with Crippen molar-refractivity contribution in [3.63, 3.8) is 0 Å². The molecule has 1 fully saturated rings. The second kappa shape index (κ2) is 8.42. The number of anilines is 1. The van der Waals surface area contributed by atoms with E-state index in [4.69, 9.17) is 0 Å². The molecule has 0 spiro atoms. The molecule has 0 bridgehead atoms. The molecule has 0 aliphatic carbocycles.